The number of rotatable bonds is 7. The van der Waals surface area contributed by atoms with Gasteiger partial charge in [-0.2, -0.15) is 0 Å². The summed E-state index contributed by atoms with van der Waals surface area (Å²) in [7, 11) is 3.53. The molecule has 0 aliphatic heterocycles. The minimum absolute atomic E-state index is 0.173. The summed E-state index contributed by atoms with van der Waals surface area (Å²) in [5.74, 6) is 1.34. The molecule has 0 unspecified atom stereocenters. The zero-order valence-corrected chi connectivity index (χ0v) is 12.3. The highest BCUT2D eigenvalue weighted by Crippen LogP contribution is 2.37. The molecule has 0 aliphatic carbocycles. The standard InChI is InChI=1S/C14H22ClNO2/c1-5-11(6-2)18-14-12(15)7-10(9-16-3)8-13(14)17-4/h7-8,11,16H,5-6,9H2,1-4H3. The Balaban J connectivity index is 3.02. The number of methoxy groups -OCH3 is 1. The molecule has 1 aromatic carbocycles. The molecule has 1 aromatic rings. The molecular weight excluding hydrogens is 250 g/mol. The van der Waals surface area contributed by atoms with E-state index in [1.807, 2.05) is 19.2 Å². The largest absolute Gasteiger partial charge is 0.493 e. The lowest BCUT2D eigenvalue weighted by atomic mass is 10.2. The highest BCUT2D eigenvalue weighted by atomic mass is 35.5. The quantitative estimate of drug-likeness (QED) is 0.821. The average Bonchev–Trinajstić information content (AvgIpc) is 2.37. The smallest absolute Gasteiger partial charge is 0.180 e. The molecule has 0 spiro atoms. The van der Waals surface area contributed by atoms with Crippen molar-refractivity contribution >= 4 is 11.6 Å². The second-order valence-electron chi connectivity index (χ2n) is 4.20. The van der Waals surface area contributed by atoms with Crippen LogP contribution in [0, 0.1) is 0 Å². The summed E-state index contributed by atoms with van der Waals surface area (Å²) >= 11 is 6.27. The van der Waals surface area contributed by atoms with Gasteiger partial charge in [-0.15, -0.1) is 0 Å². The fourth-order valence-corrected chi connectivity index (χ4v) is 2.09. The van der Waals surface area contributed by atoms with E-state index >= 15 is 0 Å². The van der Waals surface area contributed by atoms with Crippen molar-refractivity contribution in [1.29, 1.82) is 0 Å². The van der Waals surface area contributed by atoms with Crippen molar-refractivity contribution < 1.29 is 9.47 Å². The molecular formula is C14H22ClNO2. The summed E-state index contributed by atoms with van der Waals surface area (Å²) in [4.78, 5) is 0. The summed E-state index contributed by atoms with van der Waals surface area (Å²) in [5.41, 5.74) is 1.08. The molecule has 0 radical (unpaired) electrons. The van der Waals surface area contributed by atoms with E-state index in [0.29, 0.717) is 16.5 Å². The topological polar surface area (TPSA) is 30.5 Å². The van der Waals surface area contributed by atoms with Crippen LogP contribution < -0.4 is 14.8 Å². The van der Waals surface area contributed by atoms with Gasteiger partial charge in [-0.25, -0.2) is 0 Å². The molecule has 0 aliphatic rings. The lowest BCUT2D eigenvalue weighted by molar-refractivity contribution is 0.185. The fraction of sp³-hybridized carbons (Fsp3) is 0.571. The first-order chi connectivity index (χ1) is 8.65. The van der Waals surface area contributed by atoms with Crippen LogP contribution in [0.5, 0.6) is 11.5 Å². The minimum atomic E-state index is 0.173. The van der Waals surface area contributed by atoms with Gasteiger partial charge in [0, 0.05) is 6.54 Å². The Morgan fingerprint density at radius 3 is 2.44 bits per heavy atom. The van der Waals surface area contributed by atoms with Crippen molar-refractivity contribution in [2.75, 3.05) is 14.2 Å². The van der Waals surface area contributed by atoms with Gasteiger partial charge in [-0.1, -0.05) is 25.4 Å². The fourth-order valence-electron chi connectivity index (χ4n) is 1.82. The predicted octanol–water partition coefficient (Wildman–Crippen LogP) is 3.64. The van der Waals surface area contributed by atoms with E-state index in [0.717, 1.165) is 24.9 Å². The van der Waals surface area contributed by atoms with Gasteiger partial charge in [0.05, 0.1) is 18.2 Å². The van der Waals surface area contributed by atoms with Crippen molar-refractivity contribution in [2.24, 2.45) is 0 Å². The third-order valence-electron chi connectivity index (χ3n) is 2.87. The average molecular weight is 272 g/mol. The number of hydrogen-bond donors (Lipinski definition) is 1. The number of halogens is 1. The van der Waals surface area contributed by atoms with Crippen molar-refractivity contribution in [2.45, 2.75) is 39.3 Å². The predicted molar refractivity (Wildman–Crippen MR) is 75.8 cm³/mol. The Hall–Kier alpha value is -0.930. The number of ether oxygens (including phenoxy) is 2. The first kappa shape index (κ1) is 15.1. The summed E-state index contributed by atoms with van der Waals surface area (Å²) in [5, 5.41) is 3.69. The Morgan fingerprint density at radius 1 is 1.28 bits per heavy atom. The third-order valence-corrected chi connectivity index (χ3v) is 3.15. The van der Waals surface area contributed by atoms with Crippen LogP contribution in [0.2, 0.25) is 5.02 Å². The first-order valence-electron chi connectivity index (χ1n) is 6.33. The van der Waals surface area contributed by atoms with Crippen molar-refractivity contribution in [3.8, 4) is 11.5 Å². The van der Waals surface area contributed by atoms with E-state index in [-0.39, 0.29) is 6.10 Å². The molecule has 0 saturated carbocycles. The molecule has 0 atom stereocenters. The zero-order valence-electron chi connectivity index (χ0n) is 11.5. The van der Waals surface area contributed by atoms with Crippen molar-refractivity contribution in [3.05, 3.63) is 22.7 Å². The second kappa shape index (κ2) is 7.49. The SMILES string of the molecule is CCC(CC)Oc1c(Cl)cc(CNC)cc1OC. The number of hydrogen-bond acceptors (Lipinski definition) is 3. The van der Waals surface area contributed by atoms with Gasteiger partial charge in [0.1, 0.15) is 0 Å². The van der Waals surface area contributed by atoms with Gasteiger partial charge in [-0.3, -0.25) is 0 Å². The summed E-state index contributed by atoms with van der Waals surface area (Å²) in [6.45, 7) is 4.95. The highest BCUT2D eigenvalue weighted by molar-refractivity contribution is 6.32. The molecule has 0 bridgehead atoms. The van der Waals surface area contributed by atoms with E-state index in [4.69, 9.17) is 21.1 Å². The van der Waals surface area contributed by atoms with Crippen LogP contribution in [0.1, 0.15) is 32.3 Å². The second-order valence-corrected chi connectivity index (χ2v) is 4.60. The maximum absolute atomic E-state index is 6.27. The molecule has 0 fully saturated rings. The Morgan fingerprint density at radius 2 is 1.94 bits per heavy atom. The molecule has 1 N–H and O–H groups in total. The van der Waals surface area contributed by atoms with E-state index < -0.39 is 0 Å². The molecule has 0 heterocycles. The maximum atomic E-state index is 6.27. The van der Waals surface area contributed by atoms with Crippen LogP contribution >= 0.6 is 11.6 Å². The molecule has 0 amide bonds. The molecule has 1 rings (SSSR count). The monoisotopic (exact) mass is 271 g/mol. The van der Waals surface area contributed by atoms with Crippen LogP contribution in [0.3, 0.4) is 0 Å². The summed E-state index contributed by atoms with van der Waals surface area (Å²) in [6.07, 6.45) is 2.08. The third kappa shape index (κ3) is 3.79. The van der Waals surface area contributed by atoms with Gasteiger partial charge in [0.25, 0.3) is 0 Å². The maximum Gasteiger partial charge on any atom is 0.180 e. The normalized spacial score (nSPS) is 10.8. The van der Waals surface area contributed by atoms with Crippen molar-refractivity contribution in [1.82, 2.24) is 5.32 Å². The molecule has 0 saturated heterocycles. The van der Waals surface area contributed by atoms with Gasteiger partial charge in [0.15, 0.2) is 11.5 Å². The minimum Gasteiger partial charge on any atom is -0.493 e. The van der Waals surface area contributed by atoms with Gasteiger partial charge >= 0.3 is 0 Å². The van der Waals surface area contributed by atoms with Crippen LogP contribution in [0.25, 0.3) is 0 Å². The van der Waals surface area contributed by atoms with E-state index in [1.54, 1.807) is 7.11 Å². The van der Waals surface area contributed by atoms with Crippen LogP contribution in [-0.4, -0.2) is 20.3 Å². The van der Waals surface area contributed by atoms with E-state index in [1.165, 1.54) is 0 Å². The molecule has 4 heteroatoms. The Kier molecular flexibility index (Phi) is 6.30. The molecule has 0 aromatic heterocycles. The van der Waals surface area contributed by atoms with Crippen LogP contribution in [0.15, 0.2) is 12.1 Å². The molecule has 102 valence electrons. The Labute approximate surface area is 114 Å². The number of nitrogens with one attached hydrogen (secondary N) is 1. The summed E-state index contributed by atoms with van der Waals surface area (Å²) < 4.78 is 11.3. The molecule has 18 heavy (non-hydrogen) atoms. The lowest BCUT2D eigenvalue weighted by Crippen LogP contribution is -2.15. The van der Waals surface area contributed by atoms with Crippen molar-refractivity contribution in [3.63, 3.8) is 0 Å². The summed E-state index contributed by atoms with van der Waals surface area (Å²) in [6, 6.07) is 3.87. The van der Waals surface area contributed by atoms with Crippen LogP contribution in [0.4, 0.5) is 0 Å². The van der Waals surface area contributed by atoms with E-state index in [9.17, 15) is 0 Å². The molecule has 3 nitrogen and oxygen atoms in total. The zero-order chi connectivity index (χ0) is 13.5. The van der Waals surface area contributed by atoms with E-state index in [2.05, 4.69) is 19.2 Å². The first-order valence-corrected chi connectivity index (χ1v) is 6.71. The van der Waals surface area contributed by atoms with Gasteiger partial charge in [-0.05, 0) is 37.6 Å². The van der Waals surface area contributed by atoms with Gasteiger partial charge < -0.3 is 14.8 Å². The van der Waals surface area contributed by atoms with Crippen LogP contribution in [-0.2, 0) is 6.54 Å². The van der Waals surface area contributed by atoms with Gasteiger partial charge in [0.2, 0.25) is 0 Å². The lowest BCUT2D eigenvalue weighted by Gasteiger charge is -2.19. The Bertz CT molecular complexity index is 378. The number of benzene rings is 1. The highest BCUT2D eigenvalue weighted by Gasteiger charge is 2.15.